The SMILES string of the molecule is O=C(c1ccc(CN2C(=O)Nc3ccc(Cl)cc3S2(=O)=O)cc1)N(C1CCCCC1)C1CC1. The fourth-order valence-corrected chi connectivity index (χ4v) is 6.51. The zero-order valence-corrected chi connectivity index (χ0v) is 19.7. The number of carbonyl (C=O) groups excluding carboxylic acids is 2. The third-order valence-corrected chi connectivity index (χ3v) is 8.65. The monoisotopic (exact) mass is 487 g/mol. The van der Waals surface area contributed by atoms with Gasteiger partial charge in [0.15, 0.2) is 0 Å². The number of benzene rings is 2. The lowest BCUT2D eigenvalue weighted by Crippen LogP contribution is -2.43. The van der Waals surface area contributed by atoms with Crippen LogP contribution in [0.2, 0.25) is 5.02 Å². The van der Waals surface area contributed by atoms with E-state index in [-0.39, 0.29) is 28.1 Å². The predicted octanol–water partition coefficient (Wildman–Crippen LogP) is 5.01. The van der Waals surface area contributed by atoms with E-state index in [4.69, 9.17) is 11.6 Å². The average Bonchev–Trinajstić information content (AvgIpc) is 3.64. The van der Waals surface area contributed by atoms with Crippen LogP contribution in [0.1, 0.15) is 60.9 Å². The molecule has 1 heterocycles. The van der Waals surface area contributed by atoms with Gasteiger partial charge in [-0.05, 0) is 61.6 Å². The van der Waals surface area contributed by atoms with Crippen LogP contribution in [0.15, 0.2) is 47.4 Å². The molecule has 0 aromatic heterocycles. The first-order valence-electron chi connectivity index (χ1n) is 11.4. The molecule has 174 valence electrons. The van der Waals surface area contributed by atoms with Crippen LogP contribution in [0.5, 0.6) is 0 Å². The van der Waals surface area contributed by atoms with Crippen LogP contribution in [-0.4, -0.2) is 41.6 Å². The molecule has 1 aliphatic heterocycles. The molecule has 2 saturated carbocycles. The Morgan fingerprint density at radius 1 is 1.00 bits per heavy atom. The lowest BCUT2D eigenvalue weighted by atomic mass is 9.93. The maximum Gasteiger partial charge on any atom is 0.336 e. The molecular formula is C24H26ClN3O4S. The van der Waals surface area contributed by atoms with Crippen LogP contribution in [-0.2, 0) is 16.6 Å². The summed E-state index contributed by atoms with van der Waals surface area (Å²) in [4.78, 5) is 27.9. The molecule has 0 saturated heterocycles. The Morgan fingerprint density at radius 3 is 2.33 bits per heavy atom. The Labute approximate surface area is 198 Å². The van der Waals surface area contributed by atoms with Crippen LogP contribution >= 0.6 is 11.6 Å². The number of sulfonamides is 1. The van der Waals surface area contributed by atoms with Crippen molar-refractivity contribution in [3.63, 3.8) is 0 Å². The Kier molecular flexibility index (Phi) is 5.82. The van der Waals surface area contributed by atoms with Gasteiger partial charge in [0, 0.05) is 22.7 Å². The zero-order chi connectivity index (χ0) is 23.2. The summed E-state index contributed by atoms with van der Waals surface area (Å²) in [7, 11) is -4.05. The van der Waals surface area contributed by atoms with E-state index in [1.165, 1.54) is 37.5 Å². The first-order chi connectivity index (χ1) is 15.8. The molecule has 9 heteroatoms. The first kappa shape index (κ1) is 22.2. The Morgan fingerprint density at radius 2 is 1.67 bits per heavy atom. The second-order valence-electron chi connectivity index (χ2n) is 9.01. The first-order valence-corrected chi connectivity index (χ1v) is 13.2. The fourth-order valence-electron chi connectivity index (χ4n) is 4.78. The number of rotatable bonds is 5. The van der Waals surface area contributed by atoms with Crippen LogP contribution in [0.25, 0.3) is 0 Å². The lowest BCUT2D eigenvalue weighted by molar-refractivity contribution is 0.0614. The molecule has 2 fully saturated rings. The largest absolute Gasteiger partial charge is 0.336 e. The molecule has 0 spiro atoms. The second kappa shape index (κ2) is 8.65. The third-order valence-electron chi connectivity index (χ3n) is 6.65. The summed E-state index contributed by atoms with van der Waals surface area (Å²) in [5.41, 5.74) is 1.43. The van der Waals surface area contributed by atoms with Gasteiger partial charge < -0.3 is 10.2 Å². The van der Waals surface area contributed by atoms with Crippen molar-refractivity contribution in [2.75, 3.05) is 5.32 Å². The van der Waals surface area contributed by atoms with E-state index in [1.54, 1.807) is 24.3 Å². The van der Waals surface area contributed by atoms with E-state index in [2.05, 4.69) is 10.2 Å². The highest BCUT2D eigenvalue weighted by Crippen LogP contribution is 2.36. The number of fused-ring (bicyclic) bond motifs is 1. The minimum absolute atomic E-state index is 0.0334. The average molecular weight is 488 g/mol. The van der Waals surface area contributed by atoms with Gasteiger partial charge >= 0.3 is 6.03 Å². The van der Waals surface area contributed by atoms with Crippen molar-refractivity contribution in [2.45, 2.75) is 68.5 Å². The van der Waals surface area contributed by atoms with Crippen LogP contribution in [0.3, 0.4) is 0 Å². The number of nitrogens with zero attached hydrogens (tertiary/aromatic N) is 2. The van der Waals surface area contributed by atoms with E-state index in [0.29, 0.717) is 23.2 Å². The molecule has 2 aromatic carbocycles. The van der Waals surface area contributed by atoms with Crippen molar-refractivity contribution in [3.8, 4) is 0 Å². The molecule has 0 atom stereocenters. The maximum atomic E-state index is 13.3. The standard InChI is InChI=1S/C24H26ClN3O4S/c25-18-10-13-21-22(14-18)33(31,32)27(24(30)26-21)15-16-6-8-17(9-7-16)23(29)28(20-11-12-20)19-4-2-1-3-5-19/h6-10,13-14,19-20H,1-5,11-12,15H2,(H,26,30). The summed E-state index contributed by atoms with van der Waals surface area (Å²) in [6.07, 6.45) is 7.83. The zero-order valence-electron chi connectivity index (χ0n) is 18.2. The molecule has 0 bridgehead atoms. The van der Waals surface area contributed by atoms with Gasteiger partial charge in [-0.25, -0.2) is 17.5 Å². The van der Waals surface area contributed by atoms with Gasteiger partial charge in [0.05, 0.1) is 12.2 Å². The van der Waals surface area contributed by atoms with Gasteiger partial charge in [0.1, 0.15) is 4.90 Å². The smallest absolute Gasteiger partial charge is 0.333 e. The van der Waals surface area contributed by atoms with Gasteiger partial charge in [-0.3, -0.25) is 4.79 Å². The summed E-state index contributed by atoms with van der Waals surface area (Å²) in [5, 5.41) is 2.87. The van der Waals surface area contributed by atoms with Crippen LogP contribution in [0, 0.1) is 0 Å². The minimum Gasteiger partial charge on any atom is -0.333 e. The molecule has 2 aromatic rings. The van der Waals surface area contributed by atoms with Gasteiger partial charge in [0.25, 0.3) is 15.9 Å². The molecule has 3 amide bonds. The van der Waals surface area contributed by atoms with E-state index in [9.17, 15) is 18.0 Å². The van der Waals surface area contributed by atoms with Crippen LogP contribution in [0.4, 0.5) is 10.5 Å². The number of anilines is 1. The van der Waals surface area contributed by atoms with Gasteiger partial charge in [-0.15, -0.1) is 0 Å². The van der Waals surface area contributed by atoms with Crippen molar-refractivity contribution < 1.29 is 18.0 Å². The number of halogens is 1. The third kappa shape index (κ3) is 4.34. The van der Waals surface area contributed by atoms with E-state index >= 15 is 0 Å². The maximum absolute atomic E-state index is 13.3. The van der Waals surface area contributed by atoms with E-state index in [0.717, 1.165) is 30.0 Å². The number of hydrogen-bond acceptors (Lipinski definition) is 4. The second-order valence-corrected chi connectivity index (χ2v) is 11.3. The van der Waals surface area contributed by atoms with Crippen LogP contribution < -0.4 is 5.32 Å². The molecular weight excluding hydrogens is 462 g/mol. The minimum atomic E-state index is -4.05. The molecule has 5 rings (SSSR count). The quantitative estimate of drug-likeness (QED) is 0.642. The lowest BCUT2D eigenvalue weighted by Gasteiger charge is -2.34. The van der Waals surface area contributed by atoms with Gasteiger partial charge in [-0.1, -0.05) is 43.0 Å². The molecule has 2 aliphatic carbocycles. The summed E-state index contributed by atoms with van der Waals surface area (Å²) in [6, 6.07) is 11.2. The van der Waals surface area contributed by atoms with Crippen molar-refractivity contribution in [1.82, 2.24) is 9.21 Å². The summed E-state index contributed by atoms with van der Waals surface area (Å²) >= 11 is 5.97. The highest BCUT2D eigenvalue weighted by molar-refractivity contribution is 7.90. The molecule has 7 nitrogen and oxygen atoms in total. The van der Waals surface area contributed by atoms with E-state index in [1.807, 2.05) is 0 Å². The van der Waals surface area contributed by atoms with Crippen molar-refractivity contribution >= 4 is 39.2 Å². The number of nitrogens with one attached hydrogen (secondary N) is 1. The summed E-state index contributed by atoms with van der Waals surface area (Å²) in [5.74, 6) is 0.0443. The fraction of sp³-hybridized carbons (Fsp3) is 0.417. The van der Waals surface area contributed by atoms with E-state index < -0.39 is 16.1 Å². The predicted molar refractivity (Wildman–Crippen MR) is 126 cm³/mol. The Balaban J connectivity index is 1.34. The Bertz CT molecular complexity index is 1190. The molecule has 0 unspecified atom stereocenters. The van der Waals surface area contributed by atoms with Crippen molar-refractivity contribution in [1.29, 1.82) is 0 Å². The Hall–Kier alpha value is -2.58. The molecule has 33 heavy (non-hydrogen) atoms. The van der Waals surface area contributed by atoms with Gasteiger partial charge in [-0.2, -0.15) is 0 Å². The number of hydrogen-bond donors (Lipinski definition) is 1. The molecule has 1 N–H and O–H groups in total. The summed E-state index contributed by atoms with van der Waals surface area (Å²) < 4.78 is 26.9. The molecule has 3 aliphatic rings. The topological polar surface area (TPSA) is 86.8 Å². The molecule has 0 radical (unpaired) electrons. The van der Waals surface area contributed by atoms with Crippen molar-refractivity contribution in [3.05, 3.63) is 58.6 Å². The number of carbonyl (C=O) groups is 2. The number of amides is 3. The summed E-state index contributed by atoms with van der Waals surface area (Å²) in [6.45, 7) is -0.135. The highest BCUT2D eigenvalue weighted by atomic mass is 35.5. The number of urea groups is 1. The normalized spacial score (nSPS) is 20.2. The van der Waals surface area contributed by atoms with Crippen molar-refractivity contribution in [2.24, 2.45) is 0 Å². The van der Waals surface area contributed by atoms with Gasteiger partial charge in [0.2, 0.25) is 0 Å². The highest BCUT2D eigenvalue weighted by Gasteiger charge is 2.39.